The van der Waals surface area contributed by atoms with E-state index >= 15 is 0 Å². The molecule has 0 aliphatic heterocycles. The van der Waals surface area contributed by atoms with Crippen LogP contribution in [0, 0.1) is 0 Å². The van der Waals surface area contributed by atoms with Crippen LogP contribution < -0.4 is 14.8 Å². The van der Waals surface area contributed by atoms with Crippen LogP contribution >= 0.6 is 0 Å². The highest BCUT2D eigenvalue weighted by Gasteiger charge is 1.97. The van der Waals surface area contributed by atoms with Gasteiger partial charge < -0.3 is 14.8 Å². The number of rotatable bonds is 7. The van der Waals surface area contributed by atoms with Crippen LogP contribution in [-0.2, 0) is 6.54 Å². The van der Waals surface area contributed by atoms with Crippen molar-refractivity contribution in [3.8, 4) is 11.5 Å². The zero-order chi connectivity index (χ0) is 13.3. The van der Waals surface area contributed by atoms with Crippen LogP contribution in [0.5, 0.6) is 11.5 Å². The molecule has 0 atom stereocenters. The Hall–Kier alpha value is -2.00. The van der Waals surface area contributed by atoms with E-state index in [0.29, 0.717) is 13.2 Å². The highest BCUT2D eigenvalue weighted by Crippen LogP contribution is 2.13. The van der Waals surface area contributed by atoms with Crippen molar-refractivity contribution in [1.29, 1.82) is 0 Å². The average molecular weight is 257 g/mol. The van der Waals surface area contributed by atoms with E-state index in [0.717, 1.165) is 18.0 Å². The summed E-state index contributed by atoms with van der Waals surface area (Å²) in [4.78, 5) is 0. The van der Waals surface area contributed by atoms with E-state index < -0.39 is 0 Å². The molecule has 0 fully saturated rings. The second kappa shape index (κ2) is 7.44. The van der Waals surface area contributed by atoms with E-state index in [2.05, 4.69) is 11.4 Å². The largest absolute Gasteiger partial charge is 0.490 e. The highest BCUT2D eigenvalue weighted by molar-refractivity contribution is 5.28. The van der Waals surface area contributed by atoms with Gasteiger partial charge in [0.25, 0.3) is 0 Å². The summed E-state index contributed by atoms with van der Waals surface area (Å²) >= 11 is 0. The Kier molecular flexibility index (Phi) is 5.26. The number of para-hydroxylation sites is 1. The van der Waals surface area contributed by atoms with Gasteiger partial charge in [-0.15, -0.1) is 0 Å². The first-order valence-electron chi connectivity index (χ1n) is 6.42. The van der Waals surface area contributed by atoms with Crippen molar-refractivity contribution in [3.05, 3.63) is 60.2 Å². The predicted molar refractivity (Wildman–Crippen MR) is 76.6 cm³/mol. The number of benzene rings is 2. The molecule has 0 amide bonds. The second-order valence-electron chi connectivity index (χ2n) is 4.19. The minimum atomic E-state index is 0.540. The van der Waals surface area contributed by atoms with Crippen molar-refractivity contribution in [3.63, 3.8) is 0 Å². The van der Waals surface area contributed by atoms with Gasteiger partial charge >= 0.3 is 0 Å². The van der Waals surface area contributed by atoms with E-state index in [1.807, 2.05) is 55.6 Å². The Morgan fingerprint density at radius 1 is 0.842 bits per heavy atom. The molecule has 0 aliphatic carbocycles. The predicted octanol–water partition coefficient (Wildman–Crippen LogP) is 2.86. The molecule has 0 heterocycles. The molecule has 0 saturated carbocycles. The summed E-state index contributed by atoms with van der Waals surface area (Å²) in [5.41, 5.74) is 1.21. The molecule has 3 heteroatoms. The van der Waals surface area contributed by atoms with Crippen molar-refractivity contribution in [1.82, 2.24) is 5.32 Å². The molecule has 0 aliphatic rings. The minimum absolute atomic E-state index is 0.540. The molecule has 1 N–H and O–H groups in total. The fourth-order valence-corrected chi connectivity index (χ4v) is 1.79. The van der Waals surface area contributed by atoms with Gasteiger partial charge in [-0.2, -0.15) is 0 Å². The number of hydrogen-bond acceptors (Lipinski definition) is 3. The summed E-state index contributed by atoms with van der Waals surface area (Å²) in [6.45, 7) is 1.93. The van der Waals surface area contributed by atoms with Crippen LogP contribution in [0.4, 0.5) is 0 Å². The van der Waals surface area contributed by atoms with Gasteiger partial charge in [-0.1, -0.05) is 30.3 Å². The fourth-order valence-electron chi connectivity index (χ4n) is 1.79. The average Bonchev–Trinajstić information content (AvgIpc) is 2.46. The molecular weight excluding hydrogens is 238 g/mol. The minimum Gasteiger partial charge on any atom is -0.490 e. The number of hydrogen-bond donors (Lipinski definition) is 1. The summed E-state index contributed by atoms with van der Waals surface area (Å²) in [7, 11) is 1.93. The summed E-state index contributed by atoms with van der Waals surface area (Å²) in [5, 5.41) is 3.12. The van der Waals surface area contributed by atoms with Crippen molar-refractivity contribution in [2.75, 3.05) is 20.3 Å². The van der Waals surface area contributed by atoms with Gasteiger partial charge in [0.15, 0.2) is 0 Å². The molecule has 0 aromatic heterocycles. The molecule has 19 heavy (non-hydrogen) atoms. The zero-order valence-electron chi connectivity index (χ0n) is 11.1. The van der Waals surface area contributed by atoms with Crippen molar-refractivity contribution in [2.45, 2.75) is 6.54 Å². The van der Waals surface area contributed by atoms with Gasteiger partial charge in [-0.25, -0.2) is 0 Å². The zero-order valence-corrected chi connectivity index (χ0v) is 11.1. The Balaban J connectivity index is 1.75. The number of nitrogens with one attached hydrogen (secondary N) is 1. The molecule has 100 valence electrons. The summed E-state index contributed by atoms with van der Waals surface area (Å²) < 4.78 is 11.2. The molecular formula is C16H19NO2. The normalized spacial score (nSPS) is 10.2. The van der Waals surface area contributed by atoms with Gasteiger partial charge in [-0.05, 0) is 36.9 Å². The van der Waals surface area contributed by atoms with Gasteiger partial charge in [-0.3, -0.25) is 0 Å². The van der Waals surface area contributed by atoms with Gasteiger partial charge in [0.1, 0.15) is 24.7 Å². The van der Waals surface area contributed by atoms with Crippen LogP contribution in [0.2, 0.25) is 0 Å². The van der Waals surface area contributed by atoms with Crippen LogP contribution in [-0.4, -0.2) is 20.3 Å². The Morgan fingerprint density at radius 2 is 1.53 bits per heavy atom. The second-order valence-corrected chi connectivity index (χ2v) is 4.19. The fraction of sp³-hybridized carbons (Fsp3) is 0.250. The third-order valence-electron chi connectivity index (χ3n) is 2.64. The quantitative estimate of drug-likeness (QED) is 0.774. The van der Waals surface area contributed by atoms with Crippen molar-refractivity contribution < 1.29 is 9.47 Å². The Morgan fingerprint density at radius 3 is 2.26 bits per heavy atom. The smallest absolute Gasteiger partial charge is 0.122 e. The Bertz CT molecular complexity index is 485. The topological polar surface area (TPSA) is 30.5 Å². The molecule has 0 bridgehead atoms. The first-order valence-corrected chi connectivity index (χ1v) is 6.42. The molecule has 0 spiro atoms. The van der Waals surface area contributed by atoms with Gasteiger partial charge in [0, 0.05) is 6.54 Å². The SMILES string of the molecule is CNCc1cccc(OCCOc2ccccc2)c1. The summed E-state index contributed by atoms with van der Waals surface area (Å²) in [5.74, 6) is 1.75. The van der Waals surface area contributed by atoms with Crippen LogP contribution in [0.15, 0.2) is 54.6 Å². The van der Waals surface area contributed by atoms with Crippen LogP contribution in [0.3, 0.4) is 0 Å². The monoisotopic (exact) mass is 257 g/mol. The van der Waals surface area contributed by atoms with E-state index in [-0.39, 0.29) is 0 Å². The highest BCUT2D eigenvalue weighted by atomic mass is 16.5. The van der Waals surface area contributed by atoms with Crippen LogP contribution in [0.25, 0.3) is 0 Å². The first kappa shape index (κ1) is 13.4. The lowest BCUT2D eigenvalue weighted by Crippen LogP contribution is -2.09. The van der Waals surface area contributed by atoms with E-state index in [4.69, 9.17) is 9.47 Å². The molecule has 2 rings (SSSR count). The van der Waals surface area contributed by atoms with E-state index in [1.165, 1.54) is 5.56 Å². The summed E-state index contributed by atoms with van der Waals surface area (Å²) in [6, 6.07) is 17.8. The third-order valence-corrected chi connectivity index (χ3v) is 2.64. The molecule has 3 nitrogen and oxygen atoms in total. The maximum absolute atomic E-state index is 5.66. The van der Waals surface area contributed by atoms with Gasteiger partial charge in [0.2, 0.25) is 0 Å². The van der Waals surface area contributed by atoms with E-state index in [1.54, 1.807) is 0 Å². The lowest BCUT2D eigenvalue weighted by molar-refractivity contribution is 0.217. The first-order chi connectivity index (χ1) is 9.38. The molecule has 2 aromatic carbocycles. The lowest BCUT2D eigenvalue weighted by atomic mass is 10.2. The summed E-state index contributed by atoms with van der Waals surface area (Å²) in [6.07, 6.45) is 0. The molecule has 0 unspecified atom stereocenters. The third kappa shape index (κ3) is 4.64. The maximum atomic E-state index is 5.66. The number of ether oxygens (including phenoxy) is 2. The lowest BCUT2D eigenvalue weighted by Gasteiger charge is -2.09. The van der Waals surface area contributed by atoms with Crippen molar-refractivity contribution >= 4 is 0 Å². The van der Waals surface area contributed by atoms with Crippen molar-refractivity contribution in [2.24, 2.45) is 0 Å². The van der Waals surface area contributed by atoms with Gasteiger partial charge in [0.05, 0.1) is 0 Å². The maximum Gasteiger partial charge on any atom is 0.122 e. The van der Waals surface area contributed by atoms with E-state index in [9.17, 15) is 0 Å². The molecule has 0 saturated heterocycles. The van der Waals surface area contributed by atoms with Crippen LogP contribution in [0.1, 0.15) is 5.56 Å². The molecule has 2 aromatic rings. The Labute approximate surface area is 114 Å². The molecule has 0 radical (unpaired) electrons. The standard InChI is InChI=1S/C16H19NO2/c1-17-13-14-6-5-9-16(12-14)19-11-10-18-15-7-3-2-4-8-15/h2-9,12,17H,10-11,13H2,1H3.